The second-order valence-electron chi connectivity index (χ2n) is 4.51. The van der Waals surface area contributed by atoms with Crippen LogP contribution in [0.3, 0.4) is 0 Å². The lowest BCUT2D eigenvalue weighted by molar-refractivity contribution is -0.125. The van der Waals surface area contributed by atoms with E-state index < -0.39 is 5.82 Å². The highest BCUT2D eigenvalue weighted by atomic mass is 19.1. The Morgan fingerprint density at radius 2 is 2.24 bits per heavy atom. The van der Waals surface area contributed by atoms with Gasteiger partial charge in [0.05, 0.1) is 13.4 Å². The van der Waals surface area contributed by atoms with Crippen LogP contribution in [0, 0.1) is 5.82 Å². The number of likely N-dealkylation sites (N-methyl/N-ethyl adjacent to an activating group) is 1. The number of hydrogen-bond acceptors (Lipinski definition) is 3. The smallest absolute Gasteiger partial charge is 0.246 e. The molecule has 2 aromatic rings. The minimum absolute atomic E-state index is 0.186. The molecule has 1 aromatic heterocycles. The number of carbonyl (C=O) groups excluding carboxylic acids is 1. The number of rotatable bonds is 5. The van der Waals surface area contributed by atoms with Gasteiger partial charge in [-0.15, -0.1) is 0 Å². The molecular weight excluding hydrogens is 273 g/mol. The Morgan fingerprint density at radius 3 is 2.86 bits per heavy atom. The number of methoxy groups -OCH3 is 1. The van der Waals surface area contributed by atoms with Crippen LogP contribution < -0.4 is 4.74 Å². The van der Waals surface area contributed by atoms with Gasteiger partial charge < -0.3 is 14.1 Å². The number of hydrogen-bond donors (Lipinski definition) is 0. The number of carbonyl (C=O) groups is 1. The molecule has 0 aliphatic carbocycles. The third kappa shape index (κ3) is 3.95. The van der Waals surface area contributed by atoms with Crippen molar-refractivity contribution in [3.05, 3.63) is 59.8 Å². The van der Waals surface area contributed by atoms with E-state index in [1.54, 1.807) is 37.4 Å². The van der Waals surface area contributed by atoms with E-state index in [2.05, 4.69) is 0 Å². The Kier molecular flexibility index (Phi) is 4.77. The Hall–Kier alpha value is -2.56. The summed E-state index contributed by atoms with van der Waals surface area (Å²) in [6, 6.07) is 8.12. The molecule has 0 saturated heterocycles. The first-order chi connectivity index (χ1) is 10.1. The fourth-order valence-corrected chi connectivity index (χ4v) is 1.83. The first kappa shape index (κ1) is 14.8. The van der Waals surface area contributed by atoms with Gasteiger partial charge in [-0.25, -0.2) is 4.39 Å². The van der Waals surface area contributed by atoms with Gasteiger partial charge in [-0.05, 0) is 35.9 Å². The van der Waals surface area contributed by atoms with Gasteiger partial charge >= 0.3 is 0 Å². The number of ether oxygens (including phenoxy) is 1. The van der Waals surface area contributed by atoms with Crippen molar-refractivity contribution in [1.82, 2.24) is 4.90 Å². The maximum absolute atomic E-state index is 13.6. The molecule has 0 saturated carbocycles. The Balaban J connectivity index is 1.98. The van der Waals surface area contributed by atoms with Crippen molar-refractivity contribution in [2.75, 3.05) is 14.2 Å². The summed E-state index contributed by atoms with van der Waals surface area (Å²) in [6.07, 6.45) is 4.54. The fourth-order valence-electron chi connectivity index (χ4n) is 1.83. The van der Waals surface area contributed by atoms with E-state index >= 15 is 0 Å². The summed E-state index contributed by atoms with van der Waals surface area (Å²) in [4.78, 5) is 13.4. The van der Waals surface area contributed by atoms with Crippen LogP contribution in [0.4, 0.5) is 4.39 Å². The van der Waals surface area contributed by atoms with Crippen LogP contribution in [0.5, 0.6) is 5.75 Å². The standard InChI is InChI=1S/C16H16FNO3/c1-18(16(19)8-6-13-4-3-9-21-13)11-12-5-7-15(20-2)14(17)10-12/h3-10H,11H2,1-2H3. The SMILES string of the molecule is COc1ccc(CN(C)C(=O)C=Cc2ccco2)cc1F. The van der Waals surface area contributed by atoms with Crippen LogP contribution in [0.1, 0.15) is 11.3 Å². The van der Waals surface area contributed by atoms with Crippen LogP contribution >= 0.6 is 0 Å². The lowest BCUT2D eigenvalue weighted by Gasteiger charge is -2.15. The molecule has 5 heteroatoms. The quantitative estimate of drug-likeness (QED) is 0.794. The van der Waals surface area contributed by atoms with Crippen LogP contribution in [-0.4, -0.2) is 25.0 Å². The molecule has 0 fully saturated rings. The average molecular weight is 289 g/mol. The number of nitrogens with zero attached hydrogens (tertiary/aromatic N) is 1. The lowest BCUT2D eigenvalue weighted by Crippen LogP contribution is -2.24. The van der Waals surface area contributed by atoms with E-state index in [1.807, 2.05) is 0 Å². The van der Waals surface area contributed by atoms with Crippen LogP contribution in [0.2, 0.25) is 0 Å². The molecule has 1 heterocycles. The van der Waals surface area contributed by atoms with E-state index in [0.29, 0.717) is 17.9 Å². The van der Waals surface area contributed by atoms with Gasteiger partial charge in [-0.1, -0.05) is 6.07 Å². The van der Waals surface area contributed by atoms with Crippen molar-refractivity contribution < 1.29 is 18.3 Å². The number of halogens is 1. The molecule has 1 aromatic carbocycles. The van der Waals surface area contributed by atoms with Crippen LogP contribution in [0.25, 0.3) is 6.08 Å². The summed E-state index contributed by atoms with van der Waals surface area (Å²) in [5.74, 6) is 0.155. The van der Waals surface area contributed by atoms with Gasteiger partial charge in [0.1, 0.15) is 5.76 Å². The minimum Gasteiger partial charge on any atom is -0.494 e. The molecule has 0 radical (unpaired) electrons. The van der Waals surface area contributed by atoms with Gasteiger partial charge in [0.15, 0.2) is 11.6 Å². The van der Waals surface area contributed by atoms with Gasteiger partial charge in [0.25, 0.3) is 0 Å². The fraction of sp³-hybridized carbons (Fsp3) is 0.188. The minimum atomic E-state index is -0.443. The summed E-state index contributed by atoms with van der Waals surface area (Å²) in [7, 11) is 3.06. The zero-order chi connectivity index (χ0) is 15.2. The van der Waals surface area contributed by atoms with E-state index in [1.165, 1.54) is 30.4 Å². The normalized spacial score (nSPS) is 10.8. The summed E-state index contributed by atoms with van der Waals surface area (Å²) in [6.45, 7) is 0.308. The van der Waals surface area contributed by atoms with E-state index in [9.17, 15) is 9.18 Å². The number of amides is 1. The maximum atomic E-state index is 13.6. The van der Waals surface area contributed by atoms with E-state index in [-0.39, 0.29) is 11.7 Å². The molecule has 0 bridgehead atoms. The lowest BCUT2D eigenvalue weighted by atomic mass is 10.2. The molecule has 0 spiro atoms. The zero-order valence-electron chi connectivity index (χ0n) is 11.9. The topological polar surface area (TPSA) is 42.7 Å². The Labute approximate surface area is 122 Å². The third-order valence-corrected chi connectivity index (χ3v) is 2.95. The summed E-state index contributed by atoms with van der Waals surface area (Å²) < 4.78 is 23.5. The molecule has 2 rings (SSSR count). The molecule has 21 heavy (non-hydrogen) atoms. The molecule has 1 amide bonds. The molecule has 0 atom stereocenters. The van der Waals surface area contributed by atoms with E-state index in [4.69, 9.17) is 9.15 Å². The van der Waals surface area contributed by atoms with Crippen molar-refractivity contribution in [1.29, 1.82) is 0 Å². The highest BCUT2D eigenvalue weighted by Gasteiger charge is 2.09. The average Bonchev–Trinajstić information content (AvgIpc) is 2.98. The Morgan fingerprint density at radius 1 is 1.43 bits per heavy atom. The zero-order valence-corrected chi connectivity index (χ0v) is 11.9. The van der Waals surface area contributed by atoms with Gasteiger partial charge in [0.2, 0.25) is 5.91 Å². The number of furan rings is 1. The molecule has 0 N–H and O–H groups in total. The van der Waals surface area contributed by atoms with Crippen molar-refractivity contribution in [3.63, 3.8) is 0 Å². The maximum Gasteiger partial charge on any atom is 0.246 e. The highest BCUT2D eigenvalue weighted by molar-refractivity contribution is 5.91. The molecule has 110 valence electrons. The summed E-state index contributed by atoms with van der Waals surface area (Å²) >= 11 is 0. The second kappa shape index (κ2) is 6.74. The van der Waals surface area contributed by atoms with Crippen molar-refractivity contribution in [2.24, 2.45) is 0 Å². The van der Waals surface area contributed by atoms with Gasteiger partial charge in [-0.2, -0.15) is 0 Å². The molecule has 0 unspecified atom stereocenters. The monoisotopic (exact) mass is 289 g/mol. The molecular formula is C16H16FNO3. The number of benzene rings is 1. The summed E-state index contributed by atoms with van der Waals surface area (Å²) in [5.41, 5.74) is 0.690. The molecule has 0 aliphatic heterocycles. The first-order valence-electron chi connectivity index (χ1n) is 6.39. The molecule has 4 nitrogen and oxygen atoms in total. The van der Waals surface area contributed by atoms with Gasteiger partial charge in [0, 0.05) is 19.7 Å². The van der Waals surface area contributed by atoms with Crippen molar-refractivity contribution in [3.8, 4) is 5.75 Å². The summed E-state index contributed by atoms with van der Waals surface area (Å²) in [5, 5.41) is 0. The van der Waals surface area contributed by atoms with Crippen molar-refractivity contribution >= 4 is 12.0 Å². The Bertz CT molecular complexity index is 635. The predicted octanol–water partition coefficient (Wildman–Crippen LogP) is 3.10. The molecule has 0 aliphatic rings. The van der Waals surface area contributed by atoms with Crippen molar-refractivity contribution in [2.45, 2.75) is 6.54 Å². The largest absolute Gasteiger partial charge is 0.494 e. The first-order valence-corrected chi connectivity index (χ1v) is 6.39. The predicted molar refractivity (Wildman–Crippen MR) is 77.2 cm³/mol. The highest BCUT2D eigenvalue weighted by Crippen LogP contribution is 2.18. The third-order valence-electron chi connectivity index (χ3n) is 2.95. The van der Waals surface area contributed by atoms with Crippen LogP contribution in [0.15, 0.2) is 47.1 Å². The van der Waals surface area contributed by atoms with Crippen LogP contribution in [-0.2, 0) is 11.3 Å². The van der Waals surface area contributed by atoms with Gasteiger partial charge in [-0.3, -0.25) is 4.79 Å². The van der Waals surface area contributed by atoms with E-state index in [0.717, 1.165) is 0 Å². The second-order valence-corrected chi connectivity index (χ2v) is 4.51.